The summed E-state index contributed by atoms with van der Waals surface area (Å²) in [5.74, 6) is 0.487. The average Bonchev–Trinajstić information content (AvgIpc) is 2.31. The Hall–Kier alpha value is -0.410. The van der Waals surface area contributed by atoms with Crippen LogP contribution in [0.1, 0.15) is 53.4 Å². The first-order valence-electron chi connectivity index (χ1n) is 7.33. The zero-order chi connectivity index (χ0) is 14.1. The van der Waals surface area contributed by atoms with Gasteiger partial charge in [0.2, 0.25) is 0 Å². The van der Waals surface area contributed by atoms with Crippen molar-refractivity contribution in [2.24, 2.45) is 5.92 Å². The Bertz CT molecular complexity index is 227. The van der Waals surface area contributed by atoms with Crippen molar-refractivity contribution in [1.82, 2.24) is 10.2 Å². The van der Waals surface area contributed by atoms with E-state index in [1.54, 1.807) is 0 Å². The van der Waals surface area contributed by atoms with Gasteiger partial charge in [-0.05, 0) is 46.8 Å². The number of hydrogen-bond acceptors (Lipinski definition) is 3. The fourth-order valence-corrected chi connectivity index (χ4v) is 1.95. The largest absolute Gasteiger partial charge is 0.309 e. The monoisotopic (exact) mass is 256 g/mol. The Labute approximate surface area is 113 Å². The third kappa shape index (κ3) is 7.83. The third-order valence-corrected chi connectivity index (χ3v) is 3.36. The minimum absolute atomic E-state index is 0.0436. The van der Waals surface area contributed by atoms with Crippen LogP contribution in [0.25, 0.3) is 0 Å². The molecule has 0 amide bonds. The highest BCUT2D eigenvalue weighted by Crippen LogP contribution is 2.09. The lowest BCUT2D eigenvalue weighted by atomic mass is 9.96. The van der Waals surface area contributed by atoms with Crippen molar-refractivity contribution in [3.63, 3.8) is 0 Å². The first kappa shape index (κ1) is 17.6. The summed E-state index contributed by atoms with van der Waals surface area (Å²) in [5, 5.41) is 3.47. The van der Waals surface area contributed by atoms with Gasteiger partial charge in [-0.25, -0.2) is 0 Å². The van der Waals surface area contributed by atoms with E-state index in [-0.39, 0.29) is 12.0 Å². The van der Waals surface area contributed by atoms with Gasteiger partial charge in [-0.2, -0.15) is 0 Å². The first-order chi connectivity index (χ1) is 8.38. The zero-order valence-electron chi connectivity index (χ0n) is 13.1. The van der Waals surface area contributed by atoms with Gasteiger partial charge < -0.3 is 10.2 Å². The molecule has 108 valence electrons. The molecule has 0 saturated carbocycles. The summed E-state index contributed by atoms with van der Waals surface area (Å²) in [6.07, 6.45) is 4.32. The second-order valence-corrected chi connectivity index (χ2v) is 5.88. The van der Waals surface area contributed by atoms with Crippen molar-refractivity contribution in [1.29, 1.82) is 0 Å². The predicted octanol–water partition coefficient (Wildman–Crippen LogP) is 2.70. The molecule has 0 aromatic carbocycles. The first-order valence-corrected chi connectivity index (χ1v) is 7.33. The SMILES string of the molecule is CCC(C)NC(CCCCN(C)C)C(=O)C(C)C. The lowest BCUT2D eigenvalue weighted by Crippen LogP contribution is -2.43. The van der Waals surface area contributed by atoms with Gasteiger partial charge in [0.15, 0.2) is 5.78 Å². The van der Waals surface area contributed by atoms with E-state index in [0.29, 0.717) is 11.8 Å². The van der Waals surface area contributed by atoms with Crippen LogP contribution in [0.5, 0.6) is 0 Å². The third-order valence-electron chi connectivity index (χ3n) is 3.36. The molecular formula is C15H32N2O. The Balaban J connectivity index is 4.17. The molecule has 0 aliphatic carbocycles. The Morgan fingerprint density at radius 1 is 1.17 bits per heavy atom. The number of carbonyl (C=O) groups is 1. The minimum Gasteiger partial charge on any atom is -0.309 e. The maximum Gasteiger partial charge on any atom is 0.152 e. The second kappa shape index (κ2) is 9.51. The maximum absolute atomic E-state index is 12.1. The van der Waals surface area contributed by atoms with Gasteiger partial charge in [-0.15, -0.1) is 0 Å². The Morgan fingerprint density at radius 2 is 1.78 bits per heavy atom. The van der Waals surface area contributed by atoms with Crippen molar-refractivity contribution in [2.45, 2.75) is 65.5 Å². The molecule has 3 heteroatoms. The molecule has 18 heavy (non-hydrogen) atoms. The fourth-order valence-electron chi connectivity index (χ4n) is 1.95. The van der Waals surface area contributed by atoms with Crippen LogP contribution in [0, 0.1) is 5.92 Å². The Morgan fingerprint density at radius 3 is 2.22 bits per heavy atom. The molecule has 0 aromatic rings. The zero-order valence-corrected chi connectivity index (χ0v) is 13.1. The quantitative estimate of drug-likeness (QED) is 0.610. The number of rotatable bonds is 10. The molecule has 1 N–H and O–H groups in total. The van der Waals surface area contributed by atoms with E-state index in [2.05, 4.69) is 38.2 Å². The minimum atomic E-state index is 0.0436. The van der Waals surface area contributed by atoms with E-state index in [1.807, 2.05) is 13.8 Å². The van der Waals surface area contributed by atoms with Crippen molar-refractivity contribution in [3.05, 3.63) is 0 Å². The highest BCUT2D eigenvalue weighted by molar-refractivity contribution is 5.85. The summed E-state index contributed by atoms with van der Waals surface area (Å²) >= 11 is 0. The normalized spacial score (nSPS) is 15.1. The van der Waals surface area contributed by atoms with E-state index >= 15 is 0 Å². The van der Waals surface area contributed by atoms with Crippen LogP contribution < -0.4 is 5.32 Å². The van der Waals surface area contributed by atoms with Crippen molar-refractivity contribution in [3.8, 4) is 0 Å². The molecule has 0 bridgehead atoms. The second-order valence-electron chi connectivity index (χ2n) is 5.88. The molecule has 0 aliphatic heterocycles. The van der Waals surface area contributed by atoms with E-state index in [9.17, 15) is 4.79 Å². The molecule has 0 fully saturated rings. The molecular weight excluding hydrogens is 224 g/mol. The number of unbranched alkanes of at least 4 members (excludes halogenated alkanes) is 1. The summed E-state index contributed by atoms with van der Waals surface area (Å²) in [6.45, 7) is 9.40. The molecule has 0 saturated heterocycles. The highest BCUT2D eigenvalue weighted by Gasteiger charge is 2.21. The molecule has 0 rings (SSSR count). The fraction of sp³-hybridized carbons (Fsp3) is 0.933. The molecule has 0 aromatic heterocycles. The standard InChI is InChI=1S/C15H32N2O/c1-7-13(4)16-14(15(18)12(2)3)10-8-9-11-17(5)6/h12-14,16H,7-11H2,1-6H3. The van der Waals surface area contributed by atoms with E-state index < -0.39 is 0 Å². The smallest absolute Gasteiger partial charge is 0.152 e. The van der Waals surface area contributed by atoms with Crippen molar-refractivity contribution >= 4 is 5.78 Å². The molecule has 0 aliphatic rings. The van der Waals surface area contributed by atoms with Gasteiger partial charge in [-0.1, -0.05) is 27.2 Å². The lowest BCUT2D eigenvalue weighted by molar-refractivity contribution is -0.124. The molecule has 3 nitrogen and oxygen atoms in total. The number of hydrogen-bond donors (Lipinski definition) is 1. The summed E-state index contributed by atoms with van der Waals surface area (Å²) in [7, 11) is 4.18. The number of Topliss-reactive ketones (excluding diaryl/α,β-unsaturated/α-hetero) is 1. The summed E-state index contributed by atoms with van der Waals surface area (Å²) in [5.41, 5.74) is 0. The predicted molar refractivity (Wildman–Crippen MR) is 78.9 cm³/mol. The summed E-state index contributed by atoms with van der Waals surface area (Å²) in [4.78, 5) is 14.3. The molecule has 0 heterocycles. The molecule has 0 spiro atoms. The summed E-state index contributed by atoms with van der Waals surface area (Å²) in [6, 6.07) is 0.466. The van der Waals surface area contributed by atoms with Gasteiger partial charge >= 0.3 is 0 Å². The highest BCUT2D eigenvalue weighted by atomic mass is 16.1. The van der Waals surface area contributed by atoms with Gasteiger partial charge in [0.05, 0.1) is 6.04 Å². The van der Waals surface area contributed by atoms with Crippen LogP contribution in [-0.4, -0.2) is 43.4 Å². The van der Waals surface area contributed by atoms with E-state index in [0.717, 1.165) is 32.2 Å². The van der Waals surface area contributed by atoms with E-state index in [4.69, 9.17) is 0 Å². The van der Waals surface area contributed by atoms with Gasteiger partial charge in [-0.3, -0.25) is 4.79 Å². The average molecular weight is 256 g/mol. The number of nitrogens with one attached hydrogen (secondary N) is 1. The van der Waals surface area contributed by atoms with Crippen molar-refractivity contribution in [2.75, 3.05) is 20.6 Å². The lowest BCUT2D eigenvalue weighted by Gasteiger charge is -2.23. The van der Waals surface area contributed by atoms with Gasteiger partial charge in [0, 0.05) is 12.0 Å². The van der Waals surface area contributed by atoms with Crippen LogP contribution in [0.3, 0.4) is 0 Å². The van der Waals surface area contributed by atoms with Crippen LogP contribution in [-0.2, 0) is 4.79 Å². The van der Waals surface area contributed by atoms with E-state index in [1.165, 1.54) is 0 Å². The summed E-state index contributed by atoms with van der Waals surface area (Å²) < 4.78 is 0. The topological polar surface area (TPSA) is 32.3 Å². The molecule has 2 unspecified atom stereocenters. The van der Waals surface area contributed by atoms with Gasteiger partial charge in [0.1, 0.15) is 0 Å². The number of nitrogens with zero attached hydrogens (tertiary/aromatic N) is 1. The number of ketones is 1. The van der Waals surface area contributed by atoms with Gasteiger partial charge in [0.25, 0.3) is 0 Å². The van der Waals surface area contributed by atoms with Crippen molar-refractivity contribution < 1.29 is 4.79 Å². The van der Waals surface area contributed by atoms with Crippen LogP contribution >= 0.6 is 0 Å². The molecule has 0 radical (unpaired) electrons. The van der Waals surface area contributed by atoms with Crippen LogP contribution in [0.15, 0.2) is 0 Å². The maximum atomic E-state index is 12.1. The van der Waals surface area contributed by atoms with Crippen LogP contribution in [0.4, 0.5) is 0 Å². The van der Waals surface area contributed by atoms with Crippen LogP contribution in [0.2, 0.25) is 0 Å². The Kier molecular flexibility index (Phi) is 9.29. The number of carbonyl (C=O) groups excluding carboxylic acids is 1. The molecule has 2 atom stereocenters.